The normalized spacial score (nSPS) is 25.5. The summed E-state index contributed by atoms with van der Waals surface area (Å²) >= 11 is 6.15. The lowest BCUT2D eigenvalue weighted by molar-refractivity contribution is 0.461. The van der Waals surface area contributed by atoms with Crippen molar-refractivity contribution in [2.45, 2.75) is 25.4 Å². The van der Waals surface area contributed by atoms with E-state index in [0.29, 0.717) is 11.2 Å². The highest BCUT2D eigenvalue weighted by Gasteiger charge is 2.25. The maximum absolute atomic E-state index is 6.15. The molecule has 1 atom stereocenters. The number of halogens is 1. The largest absolute Gasteiger partial charge is 0.315 e. The van der Waals surface area contributed by atoms with Crippen LogP contribution in [-0.2, 0) is 13.0 Å². The highest BCUT2D eigenvalue weighted by atomic mass is 35.5. The quantitative estimate of drug-likeness (QED) is 0.742. The van der Waals surface area contributed by atoms with Crippen molar-refractivity contribution in [2.24, 2.45) is 0 Å². The molecule has 2 aliphatic heterocycles. The van der Waals surface area contributed by atoms with Gasteiger partial charge in [-0.05, 0) is 13.0 Å². The van der Waals surface area contributed by atoms with Gasteiger partial charge < -0.3 is 10.6 Å². The Labute approximate surface area is 94.0 Å². The molecule has 1 fully saturated rings. The molecular formula is C10H15ClN4. The first-order valence-electron chi connectivity index (χ1n) is 5.53. The molecule has 15 heavy (non-hydrogen) atoms. The van der Waals surface area contributed by atoms with Gasteiger partial charge in [0.2, 0.25) is 0 Å². The van der Waals surface area contributed by atoms with Gasteiger partial charge in [-0.1, -0.05) is 11.6 Å². The fourth-order valence-corrected chi connectivity index (χ4v) is 2.74. The van der Waals surface area contributed by atoms with Crippen LogP contribution >= 0.6 is 11.6 Å². The number of hydrogen-bond donors (Lipinski definition) is 2. The number of nitrogens with zero attached hydrogens (tertiary/aromatic N) is 2. The second-order valence-electron chi connectivity index (χ2n) is 4.23. The fraction of sp³-hybridized carbons (Fsp3) is 0.700. The lowest BCUT2D eigenvalue weighted by Crippen LogP contribution is -2.26. The summed E-state index contributed by atoms with van der Waals surface area (Å²) in [5.74, 6) is 0. The van der Waals surface area contributed by atoms with E-state index in [1.54, 1.807) is 0 Å². The number of nitrogens with one attached hydrogen (secondary N) is 2. The lowest BCUT2D eigenvalue weighted by atomic mass is 10.1. The minimum Gasteiger partial charge on any atom is -0.315 e. The third kappa shape index (κ3) is 1.57. The van der Waals surface area contributed by atoms with Crippen molar-refractivity contribution in [3.05, 3.63) is 16.4 Å². The van der Waals surface area contributed by atoms with Gasteiger partial charge >= 0.3 is 0 Å². The molecule has 2 aliphatic rings. The maximum Gasteiger partial charge on any atom is 0.155 e. The van der Waals surface area contributed by atoms with Gasteiger partial charge in [-0.2, -0.15) is 5.10 Å². The SMILES string of the molecule is Clc1nn(C2CCNC2)c2c1CNCC2. The second-order valence-corrected chi connectivity index (χ2v) is 4.59. The first-order valence-corrected chi connectivity index (χ1v) is 5.91. The second kappa shape index (κ2) is 3.77. The smallest absolute Gasteiger partial charge is 0.155 e. The van der Waals surface area contributed by atoms with E-state index in [0.717, 1.165) is 39.0 Å². The summed E-state index contributed by atoms with van der Waals surface area (Å²) in [6, 6.07) is 0.504. The van der Waals surface area contributed by atoms with Crippen LogP contribution in [0.15, 0.2) is 0 Å². The van der Waals surface area contributed by atoms with Gasteiger partial charge in [-0.25, -0.2) is 0 Å². The van der Waals surface area contributed by atoms with Crippen LogP contribution in [-0.4, -0.2) is 29.4 Å². The molecule has 3 rings (SSSR count). The topological polar surface area (TPSA) is 41.9 Å². The van der Waals surface area contributed by atoms with Gasteiger partial charge in [0.15, 0.2) is 5.15 Å². The van der Waals surface area contributed by atoms with E-state index in [4.69, 9.17) is 11.6 Å². The molecule has 0 amide bonds. The fourth-order valence-electron chi connectivity index (χ4n) is 2.48. The molecule has 1 aromatic heterocycles. The zero-order chi connectivity index (χ0) is 10.3. The Hall–Kier alpha value is -0.580. The highest BCUT2D eigenvalue weighted by molar-refractivity contribution is 6.30. The Balaban J connectivity index is 1.99. The Morgan fingerprint density at radius 1 is 1.33 bits per heavy atom. The van der Waals surface area contributed by atoms with E-state index in [2.05, 4.69) is 20.4 Å². The summed E-state index contributed by atoms with van der Waals surface area (Å²) in [7, 11) is 0. The molecule has 0 aromatic carbocycles. The Kier molecular flexibility index (Phi) is 2.42. The van der Waals surface area contributed by atoms with Crippen molar-refractivity contribution in [3.63, 3.8) is 0 Å². The van der Waals surface area contributed by atoms with Crippen LogP contribution in [0.25, 0.3) is 0 Å². The summed E-state index contributed by atoms with van der Waals surface area (Å²) < 4.78 is 2.15. The van der Waals surface area contributed by atoms with Crippen molar-refractivity contribution < 1.29 is 0 Å². The number of rotatable bonds is 1. The molecule has 0 bridgehead atoms. The molecule has 1 aromatic rings. The van der Waals surface area contributed by atoms with E-state index in [-0.39, 0.29) is 0 Å². The minimum absolute atomic E-state index is 0.504. The predicted octanol–water partition coefficient (Wildman–Crippen LogP) is 0.717. The average molecular weight is 227 g/mol. The summed E-state index contributed by atoms with van der Waals surface area (Å²) in [6.45, 7) is 4.02. The molecule has 4 nitrogen and oxygen atoms in total. The Morgan fingerprint density at radius 3 is 3.07 bits per heavy atom. The molecule has 0 spiro atoms. The summed E-state index contributed by atoms with van der Waals surface area (Å²) in [5.41, 5.74) is 2.54. The van der Waals surface area contributed by atoms with Crippen molar-refractivity contribution >= 4 is 11.6 Å². The molecule has 0 saturated carbocycles. The summed E-state index contributed by atoms with van der Waals surface area (Å²) in [4.78, 5) is 0. The van der Waals surface area contributed by atoms with E-state index >= 15 is 0 Å². The van der Waals surface area contributed by atoms with Crippen molar-refractivity contribution in [2.75, 3.05) is 19.6 Å². The van der Waals surface area contributed by atoms with Gasteiger partial charge in [0.1, 0.15) is 0 Å². The lowest BCUT2D eigenvalue weighted by Gasteiger charge is -2.18. The molecule has 0 aliphatic carbocycles. The Morgan fingerprint density at radius 2 is 2.27 bits per heavy atom. The maximum atomic E-state index is 6.15. The molecule has 1 unspecified atom stereocenters. The zero-order valence-corrected chi connectivity index (χ0v) is 9.35. The van der Waals surface area contributed by atoms with E-state index < -0.39 is 0 Å². The van der Waals surface area contributed by atoms with Gasteiger partial charge in [0.25, 0.3) is 0 Å². The van der Waals surface area contributed by atoms with E-state index in [1.807, 2.05) is 0 Å². The Bertz CT molecular complexity index is 368. The number of aromatic nitrogens is 2. The minimum atomic E-state index is 0.504. The molecule has 82 valence electrons. The molecule has 2 N–H and O–H groups in total. The van der Waals surface area contributed by atoms with Crippen molar-refractivity contribution in [1.82, 2.24) is 20.4 Å². The van der Waals surface area contributed by atoms with Gasteiger partial charge in [0, 0.05) is 37.3 Å². The van der Waals surface area contributed by atoms with Crippen LogP contribution in [0.5, 0.6) is 0 Å². The van der Waals surface area contributed by atoms with Crippen LogP contribution in [0.4, 0.5) is 0 Å². The van der Waals surface area contributed by atoms with Crippen LogP contribution in [0.1, 0.15) is 23.7 Å². The zero-order valence-electron chi connectivity index (χ0n) is 8.59. The third-order valence-electron chi connectivity index (χ3n) is 3.29. The number of fused-ring (bicyclic) bond motifs is 1. The van der Waals surface area contributed by atoms with Crippen molar-refractivity contribution in [1.29, 1.82) is 0 Å². The van der Waals surface area contributed by atoms with Crippen LogP contribution in [0.3, 0.4) is 0 Å². The monoisotopic (exact) mass is 226 g/mol. The summed E-state index contributed by atoms with van der Waals surface area (Å²) in [6.07, 6.45) is 2.21. The van der Waals surface area contributed by atoms with Gasteiger partial charge in [0.05, 0.1) is 6.04 Å². The summed E-state index contributed by atoms with van der Waals surface area (Å²) in [5, 5.41) is 11.9. The first-order chi connectivity index (χ1) is 7.36. The molecule has 1 saturated heterocycles. The first kappa shape index (κ1) is 9.63. The molecule has 5 heteroatoms. The molecule has 0 radical (unpaired) electrons. The van der Waals surface area contributed by atoms with Gasteiger partial charge in [-0.15, -0.1) is 0 Å². The van der Waals surface area contributed by atoms with Crippen LogP contribution in [0, 0.1) is 0 Å². The standard InChI is InChI=1S/C10H15ClN4/c11-10-8-6-13-4-2-9(8)15(14-10)7-1-3-12-5-7/h7,12-13H,1-6H2. The number of hydrogen-bond acceptors (Lipinski definition) is 3. The van der Waals surface area contributed by atoms with E-state index in [1.165, 1.54) is 11.3 Å². The van der Waals surface area contributed by atoms with Crippen LogP contribution in [0.2, 0.25) is 5.15 Å². The van der Waals surface area contributed by atoms with Crippen molar-refractivity contribution in [3.8, 4) is 0 Å². The average Bonchev–Trinajstić information content (AvgIpc) is 2.87. The van der Waals surface area contributed by atoms with Gasteiger partial charge in [-0.3, -0.25) is 4.68 Å². The van der Waals surface area contributed by atoms with E-state index in [9.17, 15) is 0 Å². The molecule has 3 heterocycles. The van der Waals surface area contributed by atoms with Crippen LogP contribution < -0.4 is 10.6 Å². The highest BCUT2D eigenvalue weighted by Crippen LogP contribution is 2.27. The molecular weight excluding hydrogens is 212 g/mol. The predicted molar refractivity (Wildman–Crippen MR) is 59.2 cm³/mol. The third-order valence-corrected chi connectivity index (χ3v) is 3.59.